The van der Waals surface area contributed by atoms with Crippen molar-refractivity contribution in [3.63, 3.8) is 0 Å². The minimum Gasteiger partial charge on any atom is -0.378 e. The number of ether oxygens (including phenoxy) is 1. The minimum absolute atomic E-state index is 0.402. The van der Waals surface area contributed by atoms with Crippen molar-refractivity contribution in [2.45, 2.75) is 6.92 Å². The zero-order valence-corrected chi connectivity index (χ0v) is 16.3. The van der Waals surface area contributed by atoms with Crippen LogP contribution in [0.3, 0.4) is 0 Å². The average molecular weight is 397 g/mol. The van der Waals surface area contributed by atoms with Crippen LogP contribution in [0.2, 0.25) is 5.02 Å². The molecule has 1 fully saturated rings. The molecular weight excluding hydrogens is 376 g/mol. The Bertz CT molecular complexity index is 961. The van der Waals surface area contributed by atoms with Crippen LogP contribution in [0, 0.1) is 6.92 Å². The van der Waals surface area contributed by atoms with Crippen LogP contribution >= 0.6 is 11.6 Å². The maximum Gasteiger partial charge on any atom is 0.249 e. The van der Waals surface area contributed by atoms with Crippen molar-refractivity contribution in [2.75, 3.05) is 41.8 Å². The van der Waals surface area contributed by atoms with E-state index in [0.717, 1.165) is 48.9 Å². The third-order valence-electron chi connectivity index (χ3n) is 4.52. The molecule has 1 aliphatic rings. The Hall–Kier alpha value is -2.90. The summed E-state index contributed by atoms with van der Waals surface area (Å²) in [5.41, 5.74) is 3.98. The van der Waals surface area contributed by atoms with Gasteiger partial charge in [-0.05, 0) is 36.8 Å². The summed E-state index contributed by atoms with van der Waals surface area (Å²) in [7, 11) is 0. The number of hydrogen-bond acceptors (Lipinski definition) is 7. The van der Waals surface area contributed by atoms with Crippen molar-refractivity contribution >= 4 is 40.4 Å². The van der Waals surface area contributed by atoms with Crippen molar-refractivity contribution in [2.24, 2.45) is 0 Å². The lowest BCUT2D eigenvalue weighted by Gasteiger charge is -2.30. The molecule has 0 amide bonds. The number of anilines is 5. The van der Waals surface area contributed by atoms with Crippen molar-refractivity contribution in [1.29, 1.82) is 0 Å². The van der Waals surface area contributed by atoms with Gasteiger partial charge in [-0.2, -0.15) is 10.1 Å². The molecule has 0 bridgehead atoms. The molecular formula is C20H21ClN6O. The Morgan fingerprint density at radius 3 is 2.71 bits per heavy atom. The molecule has 144 valence electrons. The molecule has 1 aromatic heterocycles. The molecule has 0 atom stereocenters. The van der Waals surface area contributed by atoms with E-state index in [4.69, 9.17) is 16.3 Å². The van der Waals surface area contributed by atoms with Gasteiger partial charge >= 0.3 is 0 Å². The van der Waals surface area contributed by atoms with E-state index in [1.165, 1.54) is 0 Å². The van der Waals surface area contributed by atoms with Crippen LogP contribution in [0.25, 0.3) is 0 Å². The van der Waals surface area contributed by atoms with Crippen LogP contribution in [0.1, 0.15) is 5.56 Å². The predicted molar refractivity (Wildman–Crippen MR) is 112 cm³/mol. The Morgan fingerprint density at radius 2 is 1.86 bits per heavy atom. The Kier molecular flexibility index (Phi) is 5.55. The largest absolute Gasteiger partial charge is 0.378 e. The minimum atomic E-state index is 0.402. The van der Waals surface area contributed by atoms with Gasteiger partial charge in [-0.3, -0.25) is 0 Å². The summed E-state index contributed by atoms with van der Waals surface area (Å²) in [6.45, 7) is 5.18. The molecule has 0 spiro atoms. The Labute approximate surface area is 168 Å². The zero-order valence-electron chi connectivity index (χ0n) is 15.5. The molecule has 1 saturated heterocycles. The van der Waals surface area contributed by atoms with E-state index in [2.05, 4.69) is 36.8 Å². The first-order valence-electron chi connectivity index (χ1n) is 9.11. The fourth-order valence-electron chi connectivity index (χ4n) is 3.06. The number of aryl methyl sites for hydroxylation is 1. The van der Waals surface area contributed by atoms with E-state index in [9.17, 15) is 0 Å². The zero-order chi connectivity index (χ0) is 19.3. The van der Waals surface area contributed by atoms with Crippen molar-refractivity contribution in [1.82, 2.24) is 15.2 Å². The third kappa shape index (κ3) is 4.32. The van der Waals surface area contributed by atoms with Gasteiger partial charge in [0.05, 0.1) is 30.8 Å². The average Bonchev–Trinajstić information content (AvgIpc) is 2.72. The molecule has 7 nitrogen and oxygen atoms in total. The molecule has 0 aliphatic carbocycles. The van der Waals surface area contributed by atoms with Gasteiger partial charge in [-0.1, -0.05) is 29.8 Å². The lowest BCUT2D eigenvalue weighted by molar-refractivity contribution is 0.123. The van der Waals surface area contributed by atoms with Gasteiger partial charge in [-0.25, -0.2) is 0 Å². The molecule has 8 heteroatoms. The lowest BCUT2D eigenvalue weighted by Crippen LogP contribution is -2.36. The molecule has 2 aromatic carbocycles. The molecule has 3 aromatic rings. The van der Waals surface area contributed by atoms with Crippen LogP contribution < -0.4 is 15.5 Å². The second kappa shape index (κ2) is 8.41. The highest BCUT2D eigenvalue weighted by Crippen LogP contribution is 2.29. The number of nitrogens with zero attached hydrogens (tertiary/aromatic N) is 4. The highest BCUT2D eigenvalue weighted by Gasteiger charge is 2.15. The van der Waals surface area contributed by atoms with Gasteiger partial charge in [0.2, 0.25) is 5.95 Å². The van der Waals surface area contributed by atoms with E-state index in [1.807, 2.05) is 43.3 Å². The smallest absolute Gasteiger partial charge is 0.249 e. The van der Waals surface area contributed by atoms with Crippen molar-refractivity contribution in [3.05, 3.63) is 59.2 Å². The maximum atomic E-state index is 6.09. The number of nitrogens with one attached hydrogen (secondary N) is 2. The summed E-state index contributed by atoms with van der Waals surface area (Å²) in [6.07, 6.45) is 1.60. The molecule has 28 heavy (non-hydrogen) atoms. The van der Waals surface area contributed by atoms with Gasteiger partial charge in [-0.15, -0.1) is 5.10 Å². The van der Waals surface area contributed by atoms with Crippen LogP contribution in [0.4, 0.5) is 28.8 Å². The topological polar surface area (TPSA) is 75.2 Å². The standard InChI is InChI=1S/C20H21ClN6O/c1-14-6-7-15(21)12-17(14)24-20-25-19(13-22-26-20)23-16-4-2-3-5-18(16)27-8-10-28-11-9-27/h2-7,12-13H,8-11H2,1H3,(H2,23,24,25,26). The Morgan fingerprint density at radius 1 is 1.04 bits per heavy atom. The summed E-state index contributed by atoms with van der Waals surface area (Å²) in [4.78, 5) is 6.84. The molecule has 0 unspecified atom stereocenters. The van der Waals surface area contributed by atoms with E-state index in [1.54, 1.807) is 6.20 Å². The van der Waals surface area contributed by atoms with Crippen LogP contribution in [-0.2, 0) is 4.74 Å². The molecule has 0 radical (unpaired) electrons. The van der Waals surface area contributed by atoms with Crippen molar-refractivity contribution in [3.8, 4) is 0 Å². The third-order valence-corrected chi connectivity index (χ3v) is 4.76. The van der Waals surface area contributed by atoms with E-state index in [-0.39, 0.29) is 0 Å². The number of benzene rings is 2. The number of para-hydroxylation sites is 2. The molecule has 4 rings (SSSR count). The monoisotopic (exact) mass is 396 g/mol. The quantitative estimate of drug-likeness (QED) is 0.670. The highest BCUT2D eigenvalue weighted by molar-refractivity contribution is 6.30. The molecule has 0 saturated carbocycles. The number of rotatable bonds is 5. The van der Waals surface area contributed by atoms with E-state index in [0.29, 0.717) is 16.8 Å². The summed E-state index contributed by atoms with van der Waals surface area (Å²) < 4.78 is 5.46. The van der Waals surface area contributed by atoms with E-state index >= 15 is 0 Å². The number of morpholine rings is 1. The normalized spacial score (nSPS) is 14.0. The second-order valence-corrected chi connectivity index (χ2v) is 6.93. The van der Waals surface area contributed by atoms with Gasteiger partial charge in [0, 0.05) is 23.8 Å². The first-order valence-corrected chi connectivity index (χ1v) is 9.48. The van der Waals surface area contributed by atoms with Crippen LogP contribution in [0.15, 0.2) is 48.7 Å². The molecule has 1 aliphatic heterocycles. The first-order chi connectivity index (χ1) is 13.7. The van der Waals surface area contributed by atoms with Gasteiger partial charge in [0.15, 0.2) is 5.82 Å². The predicted octanol–water partition coefficient (Wildman–Crippen LogP) is 4.16. The molecule has 2 heterocycles. The second-order valence-electron chi connectivity index (χ2n) is 6.49. The van der Waals surface area contributed by atoms with Crippen LogP contribution in [0.5, 0.6) is 0 Å². The fraction of sp³-hybridized carbons (Fsp3) is 0.250. The maximum absolute atomic E-state index is 6.09. The SMILES string of the molecule is Cc1ccc(Cl)cc1Nc1nncc(Nc2ccccc2N2CCOCC2)n1. The first kappa shape index (κ1) is 18.5. The lowest BCUT2D eigenvalue weighted by atomic mass is 10.2. The number of aromatic nitrogens is 3. The highest BCUT2D eigenvalue weighted by atomic mass is 35.5. The molecule has 2 N–H and O–H groups in total. The summed E-state index contributed by atoms with van der Waals surface area (Å²) >= 11 is 6.09. The van der Waals surface area contributed by atoms with Gasteiger partial charge in [0.1, 0.15) is 0 Å². The number of hydrogen-bond donors (Lipinski definition) is 2. The Balaban J connectivity index is 1.55. The van der Waals surface area contributed by atoms with Gasteiger partial charge < -0.3 is 20.3 Å². The number of halogens is 1. The summed E-state index contributed by atoms with van der Waals surface area (Å²) in [6, 6.07) is 13.8. The fourth-order valence-corrected chi connectivity index (χ4v) is 3.24. The van der Waals surface area contributed by atoms with Crippen molar-refractivity contribution < 1.29 is 4.74 Å². The summed E-state index contributed by atoms with van der Waals surface area (Å²) in [5, 5.41) is 15.3. The van der Waals surface area contributed by atoms with Crippen LogP contribution in [-0.4, -0.2) is 41.5 Å². The summed E-state index contributed by atoms with van der Waals surface area (Å²) in [5.74, 6) is 1.01. The van der Waals surface area contributed by atoms with E-state index < -0.39 is 0 Å². The van der Waals surface area contributed by atoms with Gasteiger partial charge in [0.25, 0.3) is 0 Å².